The Labute approximate surface area is 90.7 Å². The number of hydrogen-bond acceptors (Lipinski definition) is 5. The van der Waals surface area contributed by atoms with Gasteiger partial charge >= 0.3 is 0 Å². The zero-order chi connectivity index (χ0) is 10.6. The van der Waals surface area contributed by atoms with Crippen LogP contribution >= 0.6 is 0 Å². The van der Waals surface area contributed by atoms with Gasteiger partial charge < -0.3 is 0 Å². The molecular weight excluding hydrogens is 190 g/mol. The minimum Gasteiger partial charge on any atom is -0.167 e. The molecule has 1 heterocycles. The van der Waals surface area contributed by atoms with E-state index in [1.807, 2.05) is 0 Å². The first kappa shape index (κ1) is 11.9. The van der Waals surface area contributed by atoms with E-state index in [9.17, 15) is 0 Å². The summed E-state index contributed by atoms with van der Waals surface area (Å²) in [6.45, 7) is 0.753. The van der Waals surface area contributed by atoms with Gasteiger partial charge in [-0.3, -0.25) is 0 Å². The fourth-order valence-corrected chi connectivity index (χ4v) is 1.51. The first-order valence-electron chi connectivity index (χ1n) is 5.78. The van der Waals surface area contributed by atoms with Crippen molar-refractivity contribution in [3.63, 3.8) is 0 Å². The Morgan fingerprint density at radius 1 is 0.667 bits per heavy atom. The molecule has 0 aliphatic carbocycles. The van der Waals surface area contributed by atoms with E-state index >= 15 is 0 Å². The summed E-state index contributed by atoms with van der Waals surface area (Å²) in [5.74, 6) is 0. The molecule has 0 N–H and O–H groups in total. The molecule has 5 nitrogen and oxygen atoms in total. The fraction of sp³-hybridized carbons (Fsp3) is 0.900. The highest BCUT2D eigenvalue weighted by Crippen LogP contribution is 2.08. The average Bonchev–Trinajstić information content (AvgIpc) is 2.27. The molecule has 0 bridgehead atoms. The lowest BCUT2D eigenvalue weighted by atomic mass is 10.1. The van der Waals surface area contributed by atoms with Crippen molar-refractivity contribution in [2.45, 2.75) is 51.4 Å². The average molecular weight is 209 g/mol. The van der Waals surface area contributed by atoms with Crippen LogP contribution in [0.1, 0.15) is 51.4 Å². The van der Waals surface area contributed by atoms with E-state index in [1.54, 1.807) is 6.21 Å². The van der Waals surface area contributed by atoms with E-state index in [2.05, 4.69) is 25.9 Å². The van der Waals surface area contributed by atoms with Crippen LogP contribution in [0.5, 0.6) is 0 Å². The Morgan fingerprint density at radius 3 is 2.27 bits per heavy atom. The van der Waals surface area contributed by atoms with E-state index in [-0.39, 0.29) is 0 Å². The molecule has 84 valence electrons. The maximum atomic E-state index is 3.87. The molecule has 15 heavy (non-hydrogen) atoms. The van der Waals surface area contributed by atoms with Gasteiger partial charge in [0.2, 0.25) is 0 Å². The molecule has 0 aromatic rings. The van der Waals surface area contributed by atoms with Crippen LogP contribution in [0.3, 0.4) is 0 Å². The molecule has 0 spiro atoms. The van der Waals surface area contributed by atoms with Gasteiger partial charge in [0.25, 0.3) is 0 Å². The maximum Gasteiger partial charge on any atom is 0.0621 e. The SMILES string of the molecule is C1=N/N=N\N=N\CCCCCCCCC/1. The van der Waals surface area contributed by atoms with Gasteiger partial charge in [-0.25, -0.2) is 0 Å². The van der Waals surface area contributed by atoms with E-state index in [4.69, 9.17) is 0 Å². The van der Waals surface area contributed by atoms with Gasteiger partial charge in [0.05, 0.1) is 6.54 Å². The van der Waals surface area contributed by atoms with Crippen LogP contribution in [0.25, 0.3) is 0 Å². The molecule has 0 amide bonds. The standard InChI is InChI=1S/C10H19N5/c1-2-4-6-8-10-12-14-15-13-11-9-7-5-3-1/h9H,1-8,10H2/b11-9+,14-12+,15-13-. The van der Waals surface area contributed by atoms with Gasteiger partial charge in [-0.15, -0.1) is 5.10 Å². The molecule has 0 saturated carbocycles. The van der Waals surface area contributed by atoms with Crippen molar-refractivity contribution in [2.24, 2.45) is 25.9 Å². The van der Waals surface area contributed by atoms with Crippen molar-refractivity contribution in [1.29, 1.82) is 0 Å². The highest BCUT2D eigenvalue weighted by atomic mass is 15.5. The fourth-order valence-electron chi connectivity index (χ4n) is 1.51. The van der Waals surface area contributed by atoms with Gasteiger partial charge in [0, 0.05) is 6.21 Å². The Morgan fingerprint density at radius 2 is 1.40 bits per heavy atom. The lowest BCUT2D eigenvalue weighted by Gasteiger charge is -1.98. The van der Waals surface area contributed by atoms with Crippen LogP contribution in [-0.2, 0) is 0 Å². The van der Waals surface area contributed by atoms with Gasteiger partial charge in [-0.05, 0) is 34.9 Å². The predicted octanol–water partition coefficient (Wildman–Crippen LogP) is 3.93. The van der Waals surface area contributed by atoms with E-state index in [0.717, 1.165) is 19.4 Å². The molecule has 0 atom stereocenters. The van der Waals surface area contributed by atoms with Gasteiger partial charge in [-0.2, -0.15) is 5.11 Å². The van der Waals surface area contributed by atoms with Gasteiger partial charge in [0.15, 0.2) is 0 Å². The Kier molecular flexibility index (Phi) is 7.50. The summed E-state index contributed by atoms with van der Waals surface area (Å²) in [6, 6.07) is 0. The van der Waals surface area contributed by atoms with Gasteiger partial charge in [0.1, 0.15) is 0 Å². The van der Waals surface area contributed by atoms with Crippen molar-refractivity contribution in [3.05, 3.63) is 0 Å². The molecule has 1 aliphatic heterocycles. The minimum absolute atomic E-state index is 0.753. The number of nitrogens with zero attached hydrogens (tertiary/aromatic N) is 5. The highest BCUT2D eigenvalue weighted by molar-refractivity contribution is 5.56. The second-order valence-corrected chi connectivity index (χ2v) is 3.69. The number of hydrogen-bond donors (Lipinski definition) is 0. The van der Waals surface area contributed by atoms with Crippen LogP contribution in [0.4, 0.5) is 0 Å². The van der Waals surface area contributed by atoms with Crippen LogP contribution in [0.15, 0.2) is 25.9 Å². The molecule has 0 aromatic heterocycles. The van der Waals surface area contributed by atoms with Crippen molar-refractivity contribution in [2.75, 3.05) is 6.54 Å². The third-order valence-corrected chi connectivity index (χ3v) is 2.37. The minimum atomic E-state index is 0.753. The summed E-state index contributed by atoms with van der Waals surface area (Å²) in [6.07, 6.45) is 11.6. The molecular formula is C10H19N5. The highest BCUT2D eigenvalue weighted by Gasteiger charge is 1.91. The topological polar surface area (TPSA) is 61.8 Å². The summed E-state index contributed by atoms with van der Waals surface area (Å²) in [7, 11) is 0. The van der Waals surface area contributed by atoms with E-state index < -0.39 is 0 Å². The second-order valence-electron chi connectivity index (χ2n) is 3.69. The van der Waals surface area contributed by atoms with Crippen LogP contribution in [0.2, 0.25) is 0 Å². The smallest absolute Gasteiger partial charge is 0.0621 e. The second kappa shape index (κ2) is 9.43. The summed E-state index contributed by atoms with van der Waals surface area (Å²) in [5, 5.41) is 18.2. The molecule has 1 rings (SSSR count). The normalized spacial score (nSPS) is 27.2. The molecule has 0 saturated heterocycles. The van der Waals surface area contributed by atoms with E-state index in [1.165, 1.54) is 38.5 Å². The summed E-state index contributed by atoms with van der Waals surface area (Å²) >= 11 is 0. The zero-order valence-corrected chi connectivity index (χ0v) is 9.18. The van der Waals surface area contributed by atoms with Gasteiger partial charge in [-0.1, -0.05) is 32.1 Å². The lowest BCUT2D eigenvalue weighted by molar-refractivity contribution is 0.584. The summed E-state index contributed by atoms with van der Waals surface area (Å²) < 4.78 is 0. The van der Waals surface area contributed by atoms with Crippen LogP contribution in [-0.4, -0.2) is 12.8 Å². The zero-order valence-electron chi connectivity index (χ0n) is 9.18. The molecule has 1 aliphatic rings. The number of rotatable bonds is 0. The quantitative estimate of drug-likeness (QED) is 0.580. The van der Waals surface area contributed by atoms with Crippen molar-refractivity contribution in [3.8, 4) is 0 Å². The lowest BCUT2D eigenvalue weighted by Crippen LogP contribution is -1.83. The third-order valence-electron chi connectivity index (χ3n) is 2.37. The Hall–Kier alpha value is -1.13. The molecule has 0 radical (unpaired) electrons. The van der Waals surface area contributed by atoms with Crippen molar-refractivity contribution >= 4 is 6.21 Å². The molecule has 0 aromatic carbocycles. The summed E-state index contributed by atoms with van der Waals surface area (Å²) in [5.41, 5.74) is 0. The van der Waals surface area contributed by atoms with Crippen LogP contribution < -0.4 is 0 Å². The summed E-state index contributed by atoms with van der Waals surface area (Å²) in [4.78, 5) is 0. The molecule has 5 heteroatoms. The maximum absolute atomic E-state index is 3.87. The first-order chi connectivity index (χ1) is 7.50. The van der Waals surface area contributed by atoms with Crippen LogP contribution in [0, 0.1) is 0 Å². The first-order valence-corrected chi connectivity index (χ1v) is 5.78. The van der Waals surface area contributed by atoms with Crippen molar-refractivity contribution < 1.29 is 0 Å². The van der Waals surface area contributed by atoms with E-state index in [0.29, 0.717) is 0 Å². The largest absolute Gasteiger partial charge is 0.167 e. The predicted molar refractivity (Wildman–Crippen MR) is 60.0 cm³/mol. The Balaban J connectivity index is 2.25. The van der Waals surface area contributed by atoms with Crippen molar-refractivity contribution in [1.82, 2.24) is 0 Å². The molecule has 0 fully saturated rings. The Bertz CT molecular complexity index is 200. The molecule has 0 unspecified atom stereocenters. The third kappa shape index (κ3) is 7.90. The monoisotopic (exact) mass is 209 g/mol.